The van der Waals surface area contributed by atoms with E-state index in [2.05, 4.69) is 149 Å². The first kappa shape index (κ1) is 27.7. The van der Waals surface area contributed by atoms with Gasteiger partial charge in [0.05, 0.1) is 40.1 Å². The molecule has 12 rings (SSSR count). The largest absolute Gasteiger partial charge is 0.309 e. The maximum atomic E-state index is 8.85. The molecule has 0 bridgehead atoms. The van der Waals surface area contributed by atoms with E-state index in [1.165, 1.54) is 0 Å². The lowest BCUT2D eigenvalue weighted by atomic mass is 9.98. The molecule has 3 heterocycles. The molecule has 0 aliphatic rings. The highest BCUT2D eigenvalue weighted by molar-refractivity contribution is 6.18. The van der Waals surface area contributed by atoms with Gasteiger partial charge >= 0.3 is 0 Å². The second-order valence-electron chi connectivity index (χ2n) is 14.6. The fourth-order valence-electron chi connectivity index (χ4n) is 8.79. The van der Waals surface area contributed by atoms with Gasteiger partial charge in [-0.1, -0.05) is 152 Å². The molecular weight excluding hydrogens is 705 g/mol. The maximum absolute atomic E-state index is 8.85. The van der Waals surface area contributed by atoms with Gasteiger partial charge in [-0.2, -0.15) is 0 Å². The predicted octanol–water partition coefficient (Wildman–Crippen LogP) is 14.0. The Morgan fingerprint density at radius 1 is 0.397 bits per heavy atom. The minimum atomic E-state index is -0.432. The van der Waals surface area contributed by atoms with Crippen LogP contribution in [0.3, 0.4) is 0 Å². The standard InChI is InChI=1S/C54H34N4/c1-4-15-35(16-5-1)39-27-30-45-47(32-39)55-54(56-53(45)40-28-29-44-43-23-12-13-25-48(43)57(50(44)34-40)41-21-8-3-9-22-41)58-49-26-14-24-42(36-17-6-2-7-18-36)52(49)46-31-37-19-10-11-20-38(37)33-51(46)58/h1-34H/i1D,4D,5D,15D,16D. The molecule has 0 amide bonds. The van der Waals surface area contributed by atoms with Gasteiger partial charge in [-0.05, 0) is 87.6 Å². The molecule has 0 spiro atoms. The highest BCUT2D eigenvalue weighted by Crippen LogP contribution is 2.42. The fourth-order valence-corrected chi connectivity index (χ4v) is 8.79. The predicted molar refractivity (Wildman–Crippen MR) is 242 cm³/mol. The molecule has 3 aromatic heterocycles. The number of hydrogen-bond donors (Lipinski definition) is 0. The fraction of sp³-hybridized carbons (Fsp3) is 0. The van der Waals surface area contributed by atoms with Gasteiger partial charge in [-0.3, -0.25) is 4.57 Å². The molecule has 0 radical (unpaired) electrons. The molecule has 0 N–H and O–H groups in total. The van der Waals surface area contributed by atoms with Crippen molar-refractivity contribution in [3.63, 3.8) is 0 Å². The van der Waals surface area contributed by atoms with Crippen LogP contribution in [-0.4, -0.2) is 19.1 Å². The van der Waals surface area contributed by atoms with Gasteiger partial charge in [0.25, 0.3) is 0 Å². The average Bonchev–Trinajstić information content (AvgIpc) is 3.84. The van der Waals surface area contributed by atoms with Crippen LogP contribution in [0, 0.1) is 0 Å². The zero-order valence-corrected chi connectivity index (χ0v) is 31.0. The number of hydrogen-bond acceptors (Lipinski definition) is 2. The Morgan fingerprint density at radius 3 is 1.91 bits per heavy atom. The molecule has 0 saturated carbocycles. The molecule has 0 saturated heterocycles. The summed E-state index contributed by atoms with van der Waals surface area (Å²) in [4.78, 5) is 10.9. The molecule has 12 aromatic rings. The van der Waals surface area contributed by atoms with Gasteiger partial charge in [0.1, 0.15) is 0 Å². The molecule has 0 atom stereocenters. The molecule has 4 nitrogen and oxygen atoms in total. The van der Waals surface area contributed by atoms with E-state index in [-0.39, 0.29) is 29.7 Å². The van der Waals surface area contributed by atoms with E-state index in [1.54, 1.807) is 6.07 Å². The van der Waals surface area contributed by atoms with Gasteiger partial charge < -0.3 is 4.57 Å². The minimum absolute atomic E-state index is 0.120. The van der Waals surface area contributed by atoms with E-state index in [1.807, 2.05) is 30.3 Å². The van der Waals surface area contributed by atoms with E-state index in [9.17, 15) is 0 Å². The van der Waals surface area contributed by atoms with Crippen LogP contribution in [-0.2, 0) is 0 Å². The summed E-state index contributed by atoms with van der Waals surface area (Å²) in [5.41, 5.74) is 9.97. The third kappa shape index (κ3) is 5.02. The molecule has 0 aliphatic carbocycles. The van der Waals surface area contributed by atoms with Crippen LogP contribution in [0.25, 0.3) is 110 Å². The first-order valence-electron chi connectivity index (χ1n) is 21.8. The highest BCUT2D eigenvalue weighted by Gasteiger charge is 2.22. The molecule has 58 heavy (non-hydrogen) atoms. The number of nitrogens with zero attached hydrogens (tertiary/aromatic N) is 4. The third-order valence-corrected chi connectivity index (χ3v) is 11.4. The SMILES string of the molecule is [2H]c1c([2H])c([2H])c(-c2ccc3c(-c4ccc5c6ccccc6n(-c6ccccc6)c5c4)nc(-n4c5cc6ccccc6cc5c5c(-c6ccccc6)cccc54)nc3c2)c([2H])c1[2H]. The van der Waals surface area contributed by atoms with E-state index in [4.69, 9.17) is 16.8 Å². The van der Waals surface area contributed by atoms with Gasteiger partial charge in [0.2, 0.25) is 5.95 Å². The monoisotopic (exact) mass is 743 g/mol. The Balaban J connectivity index is 1.20. The first-order chi connectivity index (χ1) is 30.8. The summed E-state index contributed by atoms with van der Waals surface area (Å²) in [7, 11) is 0. The summed E-state index contributed by atoms with van der Waals surface area (Å²) in [5.74, 6) is 0.444. The molecule has 9 aromatic carbocycles. The van der Waals surface area contributed by atoms with Crippen molar-refractivity contribution in [2.24, 2.45) is 0 Å². The van der Waals surface area contributed by atoms with Gasteiger partial charge in [0.15, 0.2) is 0 Å². The molecule has 0 fully saturated rings. The quantitative estimate of drug-likeness (QED) is 0.176. The van der Waals surface area contributed by atoms with Gasteiger partial charge in [0, 0.05) is 38.2 Å². The van der Waals surface area contributed by atoms with Gasteiger partial charge in [-0.15, -0.1) is 0 Å². The Kier molecular flexibility index (Phi) is 6.15. The van der Waals surface area contributed by atoms with E-state index in [0.717, 1.165) is 82.1 Å². The number of rotatable bonds is 5. The number of para-hydroxylation sites is 2. The van der Waals surface area contributed by atoms with Crippen LogP contribution >= 0.6 is 0 Å². The van der Waals surface area contributed by atoms with E-state index < -0.39 is 6.04 Å². The van der Waals surface area contributed by atoms with Gasteiger partial charge in [-0.25, -0.2) is 9.97 Å². The van der Waals surface area contributed by atoms with Crippen LogP contribution in [0.2, 0.25) is 0 Å². The smallest absolute Gasteiger partial charge is 0.235 e. The second-order valence-corrected chi connectivity index (χ2v) is 14.6. The average molecular weight is 744 g/mol. The number of aromatic nitrogens is 4. The van der Waals surface area contributed by atoms with E-state index in [0.29, 0.717) is 22.7 Å². The summed E-state index contributed by atoms with van der Waals surface area (Å²) in [5, 5.41) is 7.37. The Morgan fingerprint density at radius 2 is 1.07 bits per heavy atom. The minimum Gasteiger partial charge on any atom is -0.309 e. The normalized spacial score (nSPS) is 13.0. The highest BCUT2D eigenvalue weighted by atomic mass is 15.2. The van der Waals surface area contributed by atoms with Crippen LogP contribution < -0.4 is 0 Å². The summed E-state index contributed by atoms with van der Waals surface area (Å²) in [6, 6.07) is 58.7. The summed E-state index contributed by atoms with van der Waals surface area (Å²) < 4.78 is 47.3. The Bertz CT molecular complexity index is 3830. The zero-order chi connectivity index (χ0) is 42.5. The van der Waals surface area contributed by atoms with Crippen LogP contribution in [0.5, 0.6) is 0 Å². The third-order valence-electron chi connectivity index (χ3n) is 11.4. The molecule has 270 valence electrons. The van der Waals surface area contributed by atoms with Crippen molar-refractivity contribution < 1.29 is 6.85 Å². The van der Waals surface area contributed by atoms with Crippen LogP contribution in [0.1, 0.15) is 6.85 Å². The van der Waals surface area contributed by atoms with Crippen LogP contribution in [0.4, 0.5) is 0 Å². The maximum Gasteiger partial charge on any atom is 0.235 e. The number of fused-ring (bicyclic) bond motifs is 8. The van der Waals surface area contributed by atoms with Crippen molar-refractivity contribution in [3.05, 3.63) is 206 Å². The zero-order valence-electron chi connectivity index (χ0n) is 36.0. The van der Waals surface area contributed by atoms with Crippen molar-refractivity contribution in [1.29, 1.82) is 0 Å². The molecule has 0 aliphatic heterocycles. The lowest BCUT2D eigenvalue weighted by molar-refractivity contribution is 1.01. The summed E-state index contributed by atoms with van der Waals surface area (Å²) in [6.45, 7) is 0. The van der Waals surface area contributed by atoms with E-state index >= 15 is 0 Å². The lowest BCUT2D eigenvalue weighted by Crippen LogP contribution is -2.04. The summed E-state index contributed by atoms with van der Waals surface area (Å²) in [6.07, 6.45) is 0. The van der Waals surface area contributed by atoms with Crippen molar-refractivity contribution in [1.82, 2.24) is 19.1 Å². The Hall–Kier alpha value is -7.82. The second kappa shape index (κ2) is 12.9. The van der Waals surface area contributed by atoms with Crippen molar-refractivity contribution in [2.45, 2.75) is 0 Å². The first-order valence-corrected chi connectivity index (χ1v) is 19.3. The molecule has 4 heteroatoms. The Labute approximate surface area is 341 Å². The van der Waals surface area contributed by atoms with Crippen molar-refractivity contribution in [3.8, 4) is 45.1 Å². The lowest BCUT2D eigenvalue weighted by Gasteiger charge is -2.14. The van der Waals surface area contributed by atoms with Crippen molar-refractivity contribution in [2.75, 3.05) is 0 Å². The summed E-state index contributed by atoms with van der Waals surface area (Å²) >= 11 is 0. The number of benzene rings is 9. The van der Waals surface area contributed by atoms with Crippen molar-refractivity contribution >= 4 is 65.3 Å². The molecule has 0 unspecified atom stereocenters. The van der Waals surface area contributed by atoms with Crippen LogP contribution in [0.15, 0.2) is 206 Å². The topological polar surface area (TPSA) is 35.6 Å². The molecular formula is C54H34N4.